The third-order valence-corrected chi connectivity index (χ3v) is 4.43. The van der Waals surface area contributed by atoms with E-state index in [9.17, 15) is 0 Å². The summed E-state index contributed by atoms with van der Waals surface area (Å²) >= 11 is 0. The maximum Gasteiger partial charge on any atom is 0.203 e. The highest BCUT2D eigenvalue weighted by atomic mass is 16.5. The number of methoxy groups -OCH3 is 4. The van der Waals surface area contributed by atoms with Gasteiger partial charge in [0, 0.05) is 6.21 Å². The number of aliphatic imine (C=N–C) groups is 1. The van der Waals surface area contributed by atoms with Gasteiger partial charge in [0.15, 0.2) is 11.5 Å². The van der Waals surface area contributed by atoms with Crippen molar-refractivity contribution in [1.82, 2.24) is 0 Å². The van der Waals surface area contributed by atoms with Crippen LogP contribution in [0, 0.1) is 0 Å². The van der Waals surface area contributed by atoms with E-state index >= 15 is 0 Å². The number of benzene rings is 2. The first kappa shape index (κ1) is 18.6. The molecule has 1 aliphatic rings. The van der Waals surface area contributed by atoms with Crippen molar-refractivity contribution in [1.29, 1.82) is 0 Å². The van der Waals surface area contributed by atoms with Crippen LogP contribution in [0.3, 0.4) is 0 Å². The molecule has 1 heterocycles. The average molecular weight is 365 g/mol. The molecule has 1 atom stereocenters. The lowest BCUT2D eigenvalue weighted by Crippen LogP contribution is -2.03. The molecule has 0 amide bonds. The number of hydrogen-bond donors (Lipinski definition) is 0. The monoisotopic (exact) mass is 365 g/mol. The second kappa shape index (κ2) is 8.45. The zero-order chi connectivity index (χ0) is 19.2. The summed E-state index contributed by atoms with van der Waals surface area (Å²) in [5, 5.41) is 0. The molecule has 2 aromatic rings. The second-order valence-corrected chi connectivity index (χ2v) is 5.89. The summed E-state index contributed by atoms with van der Waals surface area (Å²) in [4.78, 5) is 4.74. The summed E-state index contributed by atoms with van der Waals surface area (Å²) < 4.78 is 21.7. The van der Waals surface area contributed by atoms with Gasteiger partial charge in [-0.15, -0.1) is 0 Å². The zero-order valence-electron chi connectivity index (χ0n) is 15.9. The molecule has 5 heteroatoms. The van der Waals surface area contributed by atoms with Crippen LogP contribution in [0.15, 0.2) is 59.6 Å². The molecule has 27 heavy (non-hydrogen) atoms. The van der Waals surface area contributed by atoms with E-state index in [1.807, 2.05) is 48.6 Å². The van der Waals surface area contributed by atoms with E-state index in [0.717, 1.165) is 22.4 Å². The fraction of sp³-hybridized carbons (Fsp3) is 0.227. The number of hydrogen-bond acceptors (Lipinski definition) is 5. The standard InChI is InChI=1S/C22H23NO4/c1-24-17-10-8-15(9-11-17)18-7-5-6-12-23-21(18)16-13-19(25-2)22(27-4)20(14-16)26-3/h5-14,21H,1-4H3. The second-order valence-electron chi connectivity index (χ2n) is 5.89. The average Bonchev–Trinajstić information content (AvgIpc) is 2.98. The van der Waals surface area contributed by atoms with Gasteiger partial charge in [0.2, 0.25) is 5.75 Å². The molecule has 0 spiro atoms. The zero-order valence-corrected chi connectivity index (χ0v) is 15.9. The fourth-order valence-corrected chi connectivity index (χ4v) is 3.08. The smallest absolute Gasteiger partial charge is 0.203 e. The van der Waals surface area contributed by atoms with E-state index in [2.05, 4.69) is 6.08 Å². The first-order valence-electron chi connectivity index (χ1n) is 8.56. The van der Waals surface area contributed by atoms with Crippen molar-refractivity contribution >= 4 is 11.8 Å². The fourth-order valence-electron chi connectivity index (χ4n) is 3.08. The summed E-state index contributed by atoms with van der Waals surface area (Å²) in [5.74, 6) is 2.59. The molecule has 0 aliphatic carbocycles. The largest absolute Gasteiger partial charge is 0.497 e. The Hall–Kier alpha value is -3.21. The van der Waals surface area contributed by atoms with Gasteiger partial charge >= 0.3 is 0 Å². The normalized spacial score (nSPS) is 15.7. The molecule has 1 aliphatic heterocycles. The Bertz CT molecular complexity index is 857. The van der Waals surface area contributed by atoms with E-state index < -0.39 is 0 Å². The van der Waals surface area contributed by atoms with Gasteiger partial charge in [0.05, 0.1) is 28.4 Å². The Kier molecular flexibility index (Phi) is 5.81. The lowest BCUT2D eigenvalue weighted by Gasteiger charge is -2.20. The number of rotatable bonds is 6. The molecule has 0 saturated carbocycles. The molecule has 3 rings (SSSR count). The van der Waals surface area contributed by atoms with E-state index in [-0.39, 0.29) is 6.04 Å². The summed E-state index contributed by atoms with van der Waals surface area (Å²) in [6.07, 6.45) is 7.78. The van der Waals surface area contributed by atoms with Crippen LogP contribution in [0.5, 0.6) is 23.0 Å². The van der Waals surface area contributed by atoms with E-state index in [0.29, 0.717) is 17.2 Å². The topological polar surface area (TPSA) is 49.3 Å². The summed E-state index contributed by atoms with van der Waals surface area (Å²) in [6.45, 7) is 0. The molecule has 2 aromatic carbocycles. The molecule has 0 saturated heterocycles. The lowest BCUT2D eigenvalue weighted by atomic mass is 9.92. The van der Waals surface area contributed by atoms with Crippen LogP contribution in [0.1, 0.15) is 17.2 Å². The highest BCUT2D eigenvalue weighted by Crippen LogP contribution is 2.43. The molecular weight excluding hydrogens is 342 g/mol. The third kappa shape index (κ3) is 3.82. The van der Waals surface area contributed by atoms with Crippen molar-refractivity contribution in [2.24, 2.45) is 4.99 Å². The molecule has 0 aromatic heterocycles. The summed E-state index contributed by atoms with van der Waals surface area (Å²) in [7, 11) is 6.47. The van der Waals surface area contributed by atoms with Gasteiger partial charge in [0.1, 0.15) is 11.8 Å². The summed E-state index contributed by atoms with van der Waals surface area (Å²) in [5.41, 5.74) is 3.08. The van der Waals surface area contributed by atoms with Gasteiger partial charge in [0.25, 0.3) is 0 Å². The van der Waals surface area contributed by atoms with Crippen molar-refractivity contribution in [2.75, 3.05) is 28.4 Å². The quantitative estimate of drug-likeness (QED) is 0.757. The number of nitrogens with zero attached hydrogens (tertiary/aromatic N) is 1. The van der Waals surface area contributed by atoms with Gasteiger partial charge in [-0.2, -0.15) is 0 Å². The van der Waals surface area contributed by atoms with Crippen molar-refractivity contribution in [3.8, 4) is 23.0 Å². The molecule has 0 radical (unpaired) electrons. The molecule has 0 fully saturated rings. The predicted octanol–water partition coefficient (Wildman–Crippen LogP) is 4.49. The minimum atomic E-state index is -0.206. The van der Waals surface area contributed by atoms with Crippen LogP contribution in [0.25, 0.3) is 5.57 Å². The Morgan fingerprint density at radius 1 is 0.778 bits per heavy atom. The Labute approximate surface area is 159 Å². The van der Waals surface area contributed by atoms with E-state index in [1.54, 1.807) is 34.7 Å². The van der Waals surface area contributed by atoms with Gasteiger partial charge in [-0.25, -0.2) is 0 Å². The van der Waals surface area contributed by atoms with Crippen molar-refractivity contribution in [3.63, 3.8) is 0 Å². The van der Waals surface area contributed by atoms with Gasteiger partial charge < -0.3 is 18.9 Å². The minimum absolute atomic E-state index is 0.206. The Balaban J connectivity index is 2.09. The SMILES string of the molecule is COc1ccc(C2=CC=CC=NC2c2cc(OC)c(OC)c(OC)c2)cc1. The van der Waals surface area contributed by atoms with E-state index in [1.165, 1.54) is 0 Å². The lowest BCUT2D eigenvalue weighted by molar-refractivity contribution is 0.323. The molecular formula is C22H23NO4. The van der Waals surface area contributed by atoms with Gasteiger partial charge in [-0.1, -0.05) is 24.3 Å². The first-order valence-corrected chi connectivity index (χ1v) is 8.56. The van der Waals surface area contributed by atoms with Crippen LogP contribution in [0.4, 0.5) is 0 Å². The van der Waals surface area contributed by atoms with Crippen molar-refractivity contribution in [2.45, 2.75) is 6.04 Å². The molecule has 1 unspecified atom stereocenters. The Morgan fingerprint density at radius 2 is 1.44 bits per heavy atom. The molecule has 5 nitrogen and oxygen atoms in total. The maximum absolute atomic E-state index is 5.50. The molecule has 0 N–H and O–H groups in total. The van der Waals surface area contributed by atoms with Crippen LogP contribution in [-0.2, 0) is 0 Å². The van der Waals surface area contributed by atoms with Crippen LogP contribution in [0.2, 0.25) is 0 Å². The van der Waals surface area contributed by atoms with E-state index in [4.69, 9.17) is 23.9 Å². The molecule has 0 bridgehead atoms. The summed E-state index contributed by atoms with van der Waals surface area (Å²) in [6, 6.07) is 11.6. The van der Waals surface area contributed by atoms with Crippen molar-refractivity contribution < 1.29 is 18.9 Å². The van der Waals surface area contributed by atoms with Gasteiger partial charge in [-0.05, 0) is 47.0 Å². The van der Waals surface area contributed by atoms with Crippen LogP contribution < -0.4 is 18.9 Å². The Morgan fingerprint density at radius 3 is 2.00 bits per heavy atom. The van der Waals surface area contributed by atoms with Gasteiger partial charge in [-0.3, -0.25) is 4.99 Å². The molecule has 140 valence electrons. The van der Waals surface area contributed by atoms with Crippen molar-refractivity contribution in [3.05, 3.63) is 65.8 Å². The minimum Gasteiger partial charge on any atom is -0.497 e. The predicted molar refractivity (Wildman–Crippen MR) is 107 cm³/mol. The number of allylic oxidation sites excluding steroid dienone is 3. The third-order valence-electron chi connectivity index (χ3n) is 4.43. The number of ether oxygens (including phenoxy) is 4. The van der Waals surface area contributed by atoms with Crippen LogP contribution in [-0.4, -0.2) is 34.7 Å². The van der Waals surface area contributed by atoms with Crippen LogP contribution >= 0.6 is 0 Å². The maximum atomic E-state index is 5.50. The highest BCUT2D eigenvalue weighted by molar-refractivity contribution is 5.81. The highest BCUT2D eigenvalue weighted by Gasteiger charge is 2.22. The first-order chi connectivity index (χ1) is 13.2.